The number of anilines is 1. The Kier molecular flexibility index (Phi) is 6.56. The van der Waals surface area contributed by atoms with Crippen LogP contribution in [0, 0.1) is 5.41 Å². The predicted octanol–water partition coefficient (Wildman–Crippen LogP) is 6.01. The molecule has 0 bridgehead atoms. The Labute approximate surface area is 202 Å². The largest absolute Gasteiger partial charge is 0.485 e. The van der Waals surface area contributed by atoms with Crippen molar-refractivity contribution in [3.8, 4) is 0 Å². The SMILES string of the molecule is CCCCCCN1c2ccc(C3=COC(C(C)(C)C)S3)cc2C(C)(C)C1Cc1cc(=O)c1=O. The highest BCUT2D eigenvalue weighted by molar-refractivity contribution is 8.09. The maximum absolute atomic E-state index is 12.1. The molecule has 4 nitrogen and oxygen atoms in total. The average Bonchev–Trinajstić information content (AvgIpc) is 3.34. The number of rotatable bonds is 8. The van der Waals surface area contributed by atoms with Crippen LogP contribution in [0.15, 0.2) is 40.1 Å². The van der Waals surface area contributed by atoms with E-state index in [0.717, 1.165) is 13.0 Å². The second kappa shape index (κ2) is 8.98. The first kappa shape index (κ1) is 24.1. The third-order valence-corrected chi connectivity index (χ3v) is 8.84. The molecule has 2 aromatic rings. The van der Waals surface area contributed by atoms with Crippen molar-refractivity contribution in [1.82, 2.24) is 0 Å². The summed E-state index contributed by atoms with van der Waals surface area (Å²) in [5, 5.41) is 0. The average molecular weight is 468 g/mol. The van der Waals surface area contributed by atoms with E-state index >= 15 is 0 Å². The first-order valence-electron chi connectivity index (χ1n) is 12.3. The number of thioether (sulfide) groups is 1. The molecule has 2 atom stereocenters. The molecular weight excluding hydrogens is 430 g/mol. The summed E-state index contributed by atoms with van der Waals surface area (Å²) < 4.78 is 5.98. The van der Waals surface area contributed by atoms with Crippen LogP contribution < -0.4 is 15.8 Å². The molecule has 0 radical (unpaired) electrons. The summed E-state index contributed by atoms with van der Waals surface area (Å²) >= 11 is 1.80. The van der Waals surface area contributed by atoms with E-state index in [4.69, 9.17) is 4.74 Å². The fourth-order valence-electron chi connectivity index (χ4n) is 5.08. The van der Waals surface area contributed by atoms with Crippen LogP contribution in [0.2, 0.25) is 0 Å². The Balaban J connectivity index is 1.64. The van der Waals surface area contributed by atoms with Gasteiger partial charge in [-0.25, -0.2) is 0 Å². The van der Waals surface area contributed by atoms with Gasteiger partial charge < -0.3 is 9.64 Å². The number of hydrogen-bond acceptors (Lipinski definition) is 5. The minimum absolute atomic E-state index is 0.0692. The molecule has 33 heavy (non-hydrogen) atoms. The van der Waals surface area contributed by atoms with Crippen molar-refractivity contribution in [1.29, 1.82) is 0 Å². The first-order valence-corrected chi connectivity index (χ1v) is 13.1. The number of hydrogen-bond donors (Lipinski definition) is 0. The molecule has 0 amide bonds. The topological polar surface area (TPSA) is 46.6 Å². The quantitative estimate of drug-likeness (QED) is 0.352. The zero-order valence-electron chi connectivity index (χ0n) is 20.9. The van der Waals surface area contributed by atoms with Crippen LogP contribution in [-0.4, -0.2) is 18.0 Å². The van der Waals surface area contributed by atoms with Gasteiger partial charge in [0.1, 0.15) is 0 Å². The maximum atomic E-state index is 12.1. The molecule has 2 aliphatic heterocycles. The molecular formula is C28H37NO3S. The van der Waals surface area contributed by atoms with Crippen LogP contribution >= 0.6 is 11.8 Å². The van der Waals surface area contributed by atoms with Crippen LogP contribution in [0.1, 0.15) is 83.9 Å². The Morgan fingerprint density at radius 1 is 1.09 bits per heavy atom. The van der Waals surface area contributed by atoms with Crippen molar-refractivity contribution in [2.45, 2.75) is 90.5 Å². The molecule has 0 saturated carbocycles. The van der Waals surface area contributed by atoms with Gasteiger partial charge in [0, 0.05) is 34.7 Å². The zero-order chi connectivity index (χ0) is 24.0. The summed E-state index contributed by atoms with van der Waals surface area (Å²) in [5.74, 6) is 0. The number of ether oxygens (including phenoxy) is 1. The Bertz CT molecular complexity index is 1120. The van der Waals surface area contributed by atoms with E-state index in [1.54, 1.807) is 11.8 Å². The highest BCUT2D eigenvalue weighted by Crippen LogP contribution is 2.50. The molecule has 0 aliphatic carbocycles. The summed E-state index contributed by atoms with van der Waals surface area (Å²) in [7, 11) is 0. The van der Waals surface area contributed by atoms with Crippen molar-refractivity contribution in [2.24, 2.45) is 5.41 Å². The van der Waals surface area contributed by atoms with Crippen LogP contribution in [0.3, 0.4) is 0 Å². The lowest BCUT2D eigenvalue weighted by Crippen LogP contribution is -2.46. The molecule has 2 heterocycles. The van der Waals surface area contributed by atoms with E-state index < -0.39 is 0 Å². The van der Waals surface area contributed by atoms with Gasteiger partial charge in [0.25, 0.3) is 0 Å². The Morgan fingerprint density at radius 2 is 1.85 bits per heavy atom. The maximum Gasteiger partial charge on any atom is 0.229 e. The van der Waals surface area contributed by atoms with Gasteiger partial charge in [-0.1, -0.05) is 78.6 Å². The number of nitrogens with zero attached hydrogens (tertiary/aromatic N) is 1. The van der Waals surface area contributed by atoms with E-state index in [1.807, 2.05) is 6.26 Å². The summed E-state index contributed by atoms with van der Waals surface area (Å²) in [5.41, 5.74) is 3.86. The van der Waals surface area contributed by atoms with Gasteiger partial charge in [-0.05, 0) is 42.2 Å². The highest BCUT2D eigenvalue weighted by atomic mass is 32.2. The molecule has 2 unspecified atom stereocenters. The smallest absolute Gasteiger partial charge is 0.229 e. The predicted molar refractivity (Wildman–Crippen MR) is 140 cm³/mol. The van der Waals surface area contributed by atoms with E-state index in [2.05, 4.69) is 64.6 Å². The monoisotopic (exact) mass is 467 g/mol. The van der Waals surface area contributed by atoms with Crippen LogP contribution in [0.25, 0.3) is 4.91 Å². The van der Waals surface area contributed by atoms with Gasteiger partial charge >= 0.3 is 0 Å². The summed E-state index contributed by atoms with van der Waals surface area (Å²) in [6, 6.07) is 8.48. The van der Waals surface area contributed by atoms with Gasteiger partial charge in [-0.2, -0.15) is 0 Å². The summed E-state index contributed by atoms with van der Waals surface area (Å²) in [4.78, 5) is 27.3. The first-order chi connectivity index (χ1) is 15.5. The second-order valence-electron chi connectivity index (χ2n) is 11.2. The van der Waals surface area contributed by atoms with Gasteiger partial charge in [0.15, 0.2) is 5.44 Å². The van der Waals surface area contributed by atoms with E-state index in [0.29, 0.717) is 12.0 Å². The number of fused-ring (bicyclic) bond motifs is 1. The Morgan fingerprint density at radius 3 is 2.45 bits per heavy atom. The minimum Gasteiger partial charge on any atom is -0.485 e. The zero-order valence-corrected chi connectivity index (χ0v) is 21.7. The second-order valence-corrected chi connectivity index (χ2v) is 12.3. The molecule has 4 rings (SSSR count). The molecule has 0 N–H and O–H groups in total. The third-order valence-electron chi connectivity index (χ3n) is 7.22. The lowest BCUT2D eigenvalue weighted by atomic mass is 9.77. The van der Waals surface area contributed by atoms with Crippen molar-refractivity contribution in [3.05, 3.63) is 67.7 Å². The van der Waals surface area contributed by atoms with Gasteiger partial charge in [-0.15, -0.1) is 0 Å². The van der Waals surface area contributed by atoms with E-state index in [9.17, 15) is 9.59 Å². The van der Waals surface area contributed by atoms with Crippen LogP contribution in [-0.2, 0) is 16.6 Å². The molecule has 0 spiro atoms. The molecule has 5 heteroatoms. The fourth-order valence-corrected chi connectivity index (χ4v) is 6.15. The Hall–Kier alpha value is -2.01. The van der Waals surface area contributed by atoms with Crippen molar-refractivity contribution >= 4 is 22.4 Å². The van der Waals surface area contributed by atoms with E-state index in [-0.39, 0.29) is 33.2 Å². The molecule has 0 aromatic heterocycles. The normalized spacial score (nSPS) is 21.9. The van der Waals surface area contributed by atoms with Crippen LogP contribution in [0.4, 0.5) is 5.69 Å². The molecule has 178 valence electrons. The lowest BCUT2D eigenvalue weighted by molar-refractivity contribution is 0.126. The van der Waals surface area contributed by atoms with Crippen LogP contribution in [0.5, 0.6) is 0 Å². The van der Waals surface area contributed by atoms with Gasteiger partial charge in [0.05, 0.1) is 11.2 Å². The van der Waals surface area contributed by atoms with Crippen molar-refractivity contribution in [2.75, 3.05) is 11.4 Å². The standard InChI is InChI=1S/C28H37NO3S/c1-7-8-9-10-13-29-21-12-11-18(23-17-32-26(33-23)27(2,3)4)14-20(21)28(5,6)24(29)16-19-15-22(30)25(19)31/h11-12,14-15,17,24,26H,7-10,13,16H2,1-6H3. The molecule has 2 aromatic carbocycles. The van der Waals surface area contributed by atoms with Gasteiger partial charge in [-0.3, -0.25) is 9.59 Å². The number of unbranched alkanes of at least 4 members (excludes halogenated alkanes) is 3. The molecule has 0 fully saturated rings. The minimum atomic E-state index is -0.353. The van der Waals surface area contributed by atoms with Gasteiger partial charge in [0.2, 0.25) is 10.9 Å². The summed E-state index contributed by atoms with van der Waals surface area (Å²) in [6.07, 6.45) is 7.34. The lowest BCUT2D eigenvalue weighted by Gasteiger charge is -2.35. The van der Waals surface area contributed by atoms with Crippen molar-refractivity contribution in [3.63, 3.8) is 0 Å². The number of benzene rings is 1. The highest BCUT2D eigenvalue weighted by Gasteiger charge is 2.45. The third kappa shape index (κ3) is 4.53. The fraction of sp³-hybridized carbons (Fsp3) is 0.571. The van der Waals surface area contributed by atoms with Crippen molar-refractivity contribution < 1.29 is 4.74 Å². The molecule has 2 aliphatic rings. The summed E-state index contributed by atoms with van der Waals surface area (Å²) in [6.45, 7) is 14.4. The van der Waals surface area contributed by atoms with E-state index in [1.165, 1.54) is 47.0 Å². The molecule has 0 saturated heterocycles.